The molecule has 0 amide bonds. The Labute approximate surface area is 401 Å². The van der Waals surface area contributed by atoms with Crippen LogP contribution in [0.25, 0.3) is 72.8 Å². The SMILES string of the molecule is c1ccc(N(c2ccccc2)c2cccc(-c3ccc(-c4nc(-c5cccc6c5-c5ccccc5C6(c5ccccc5)c5ccccc5)nc(-n5c6ccccc6c6ccccc65)n4)cc3)c2)cc1. The van der Waals surface area contributed by atoms with Crippen LogP contribution < -0.4 is 4.90 Å². The molecule has 0 spiro atoms. The van der Waals surface area contributed by atoms with Gasteiger partial charge in [0.15, 0.2) is 11.6 Å². The molecule has 5 nitrogen and oxygen atoms in total. The lowest BCUT2D eigenvalue weighted by molar-refractivity contribution is 0.768. The van der Waals surface area contributed by atoms with E-state index in [1.807, 2.05) is 0 Å². The van der Waals surface area contributed by atoms with Crippen molar-refractivity contribution in [3.05, 3.63) is 283 Å². The first-order valence-corrected chi connectivity index (χ1v) is 23.4. The Morgan fingerprint density at radius 2 is 0.812 bits per heavy atom. The number of nitrogens with zero attached hydrogens (tertiary/aromatic N) is 5. The molecule has 1 aliphatic rings. The lowest BCUT2D eigenvalue weighted by Crippen LogP contribution is -2.28. The Morgan fingerprint density at radius 1 is 0.333 bits per heavy atom. The standard InChI is InChI=1S/C64H43N5/c1-5-22-47(23-6-1)64(48-24-7-2-8-25-48)56-35-16-13-33-54(56)60-55(34-20-36-57(60)64)62-65-61(66-63(67-62)69-58-37-17-14-31-52(58)53-32-15-18-38-59(53)69)45-41-39-44(40-42-45)46-21-19-30-51(43-46)68(49-26-9-3-10-27-49)50-28-11-4-12-29-50/h1-43H. The second kappa shape index (κ2) is 16.6. The maximum Gasteiger partial charge on any atom is 0.238 e. The molecular formula is C64H43N5. The van der Waals surface area contributed by atoms with Gasteiger partial charge >= 0.3 is 0 Å². The number of rotatable bonds is 9. The number of hydrogen-bond donors (Lipinski definition) is 0. The predicted molar refractivity (Wildman–Crippen MR) is 282 cm³/mol. The number of fused-ring (bicyclic) bond motifs is 6. The zero-order chi connectivity index (χ0) is 45.7. The molecule has 0 aliphatic heterocycles. The second-order valence-electron chi connectivity index (χ2n) is 17.5. The van der Waals surface area contributed by atoms with Crippen LogP contribution >= 0.6 is 0 Å². The van der Waals surface area contributed by atoms with Gasteiger partial charge in [0.1, 0.15) is 0 Å². The average Bonchev–Trinajstić information content (AvgIpc) is 3.93. The molecule has 0 bridgehead atoms. The van der Waals surface area contributed by atoms with Gasteiger partial charge in [0, 0.05) is 39.0 Å². The number of aromatic nitrogens is 4. The van der Waals surface area contributed by atoms with Crippen LogP contribution in [0.1, 0.15) is 22.3 Å². The molecule has 1 aliphatic carbocycles. The number of anilines is 3. The topological polar surface area (TPSA) is 46.8 Å². The van der Waals surface area contributed by atoms with Crippen molar-refractivity contribution in [3.8, 4) is 51.0 Å². The third kappa shape index (κ3) is 6.58. The lowest BCUT2D eigenvalue weighted by Gasteiger charge is -2.33. The van der Waals surface area contributed by atoms with Crippen molar-refractivity contribution in [1.82, 2.24) is 19.5 Å². The first kappa shape index (κ1) is 40.1. The summed E-state index contributed by atoms with van der Waals surface area (Å²) in [6, 6.07) is 92.8. The van der Waals surface area contributed by atoms with Gasteiger partial charge in [0.2, 0.25) is 5.95 Å². The molecule has 0 fully saturated rings. The number of para-hydroxylation sites is 4. The Balaban J connectivity index is 0.998. The fraction of sp³-hybridized carbons (Fsp3) is 0.0156. The minimum atomic E-state index is -0.567. The number of hydrogen-bond acceptors (Lipinski definition) is 4. The average molecular weight is 882 g/mol. The van der Waals surface area contributed by atoms with Crippen LogP contribution in [0, 0.1) is 0 Å². The molecular weight excluding hydrogens is 839 g/mol. The molecule has 0 N–H and O–H groups in total. The van der Waals surface area contributed by atoms with Gasteiger partial charge in [-0.2, -0.15) is 9.97 Å². The third-order valence-electron chi connectivity index (χ3n) is 13.7. The summed E-state index contributed by atoms with van der Waals surface area (Å²) in [5, 5.41) is 2.29. The molecule has 69 heavy (non-hydrogen) atoms. The highest BCUT2D eigenvalue weighted by Crippen LogP contribution is 2.58. The molecule has 12 aromatic rings. The van der Waals surface area contributed by atoms with Crippen LogP contribution in [-0.4, -0.2) is 19.5 Å². The minimum absolute atomic E-state index is 0.562. The van der Waals surface area contributed by atoms with Gasteiger partial charge in [-0.15, -0.1) is 0 Å². The van der Waals surface area contributed by atoms with Crippen molar-refractivity contribution in [1.29, 1.82) is 0 Å². The molecule has 10 aromatic carbocycles. The zero-order valence-corrected chi connectivity index (χ0v) is 37.6. The Hall–Kier alpha value is -9.19. The van der Waals surface area contributed by atoms with E-state index in [1.54, 1.807) is 0 Å². The summed E-state index contributed by atoms with van der Waals surface area (Å²) in [4.78, 5) is 18.6. The van der Waals surface area contributed by atoms with E-state index in [9.17, 15) is 0 Å². The fourth-order valence-corrected chi connectivity index (χ4v) is 10.8. The van der Waals surface area contributed by atoms with Gasteiger partial charge in [-0.25, -0.2) is 4.98 Å². The Morgan fingerprint density at radius 3 is 1.45 bits per heavy atom. The maximum absolute atomic E-state index is 5.49. The summed E-state index contributed by atoms with van der Waals surface area (Å²) >= 11 is 0. The third-order valence-corrected chi connectivity index (χ3v) is 13.7. The molecule has 2 aromatic heterocycles. The summed E-state index contributed by atoms with van der Waals surface area (Å²) < 4.78 is 2.19. The second-order valence-corrected chi connectivity index (χ2v) is 17.5. The van der Waals surface area contributed by atoms with Crippen LogP contribution in [0.5, 0.6) is 0 Å². The van der Waals surface area contributed by atoms with Gasteiger partial charge in [-0.3, -0.25) is 4.57 Å². The van der Waals surface area contributed by atoms with Crippen molar-refractivity contribution in [2.24, 2.45) is 0 Å². The number of benzene rings is 10. The summed E-state index contributed by atoms with van der Waals surface area (Å²) in [5.74, 6) is 1.77. The molecule has 324 valence electrons. The van der Waals surface area contributed by atoms with Crippen LogP contribution in [-0.2, 0) is 5.41 Å². The van der Waals surface area contributed by atoms with E-state index >= 15 is 0 Å². The smallest absolute Gasteiger partial charge is 0.238 e. The quantitative estimate of drug-likeness (QED) is 0.145. The summed E-state index contributed by atoms with van der Waals surface area (Å²) in [6.45, 7) is 0. The maximum atomic E-state index is 5.49. The van der Waals surface area contributed by atoms with Gasteiger partial charge < -0.3 is 4.90 Å². The molecule has 0 unspecified atom stereocenters. The van der Waals surface area contributed by atoms with Crippen LogP contribution in [0.3, 0.4) is 0 Å². The van der Waals surface area contributed by atoms with E-state index in [0.717, 1.165) is 66.7 Å². The first-order chi connectivity index (χ1) is 34.2. The summed E-state index contributed by atoms with van der Waals surface area (Å²) in [5.41, 5.74) is 16.0. The van der Waals surface area contributed by atoms with Gasteiger partial charge in [-0.1, -0.05) is 212 Å². The molecule has 0 saturated heterocycles. The Bertz CT molecular complexity index is 3700. The highest BCUT2D eigenvalue weighted by molar-refractivity contribution is 6.09. The van der Waals surface area contributed by atoms with E-state index in [1.165, 1.54) is 27.8 Å². The molecule has 0 radical (unpaired) electrons. The minimum Gasteiger partial charge on any atom is -0.310 e. The molecule has 2 heterocycles. The van der Waals surface area contributed by atoms with E-state index < -0.39 is 5.41 Å². The normalized spacial score (nSPS) is 12.5. The van der Waals surface area contributed by atoms with E-state index in [-0.39, 0.29) is 0 Å². The monoisotopic (exact) mass is 881 g/mol. The van der Waals surface area contributed by atoms with Crippen LogP contribution in [0.4, 0.5) is 17.1 Å². The first-order valence-electron chi connectivity index (χ1n) is 23.4. The van der Waals surface area contributed by atoms with Gasteiger partial charge in [0.05, 0.1) is 16.4 Å². The van der Waals surface area contributed by atoms with Crippen molar-refractivity contribution in [2.45, 2.75) is 5.41 Å². The van der Waals surface area contributed by atoms with E-state index in [2.05, 4.69) is 270 Å². The molecule has 13 rings (SSSR count). The van der Waals surface area contributed by atoms with E-state index in [4.69, 9.17) is 15.0 Å². The van der Waals surface area contributed by atoms with Crippen molar-refractivity contribution >= 4 is 38.9 Å². The molecule has 0 saturated carbocycles. The van der Waals surface area contributed by atoms with Crippen LogP contribution in [0.2, 0.25) is 0 Å². The van der Waals surface area contributed by atoms with Gasteiger partial charge in [0.25, 0.3) is 0 Å². The highest BCUT2D eigenvalue weighted by atomic mass is 15.2. The largest absolute Gasteiger partial charge is 0.310 e. The fourth-order valence-electron chi connectivity index (χ4n) is 10.8. The molecule has 0 atom stereocenters. The van der Waals surface area contributed by atoms with Crippen molar-refractivity contribution in [2.75, 3.05) is 4.90 Å². The molecule has 5 heteroatoms. The highest BCUT2D eigenvalue weighted by Gasteiger charge is 2.47. The van der Waals surface area contributed by atoms with Crippen molar-refractivity contribution < 1.29 is 0 Å². The van der Waals surface area contributed by atoms with E-state index in [0.29, 0.717) is 17.6 Å². The lowest BCUT2D eigenvalue weighted by atomic mass is 9.67. The summed E-state index contributed by atoms with van der Waals surface area (Å²) in [6.07, 6.45) is 0. The predicted octanol–water partition coefficient (Wildman–Crippen LogP) is 15.8. The van der Waals surface area contributed by atoms with Crippen LogP contribution in [0.15, 0.2) is 261 Å². The van der Waals surface area contributed by atoms with Gasteiger partial charge in [-0.05, 0) is 93.0 Å². The van der Waals surface area contributed by atoms with Crippen molar-refractivity contribution in [3.63, 3.8) is 0 Å². The summed E-state index contributed by atoms with van der Waals surface area (Å²) in [7, 11) is 0. The Kier molecular flexibility index (Phi) is 9.65. The zero-order valence-electron chi connectivity index (χ0n) is 37.6.